The molecule has 3 amide bonds. The average molecular weight is 280 g/mol. The maximum absolute atomic E-state index is 11.9. The van der Waals surface area contributed by atoms with Crippen molar-refractivity contribution in [3.8, 4) is 0 Å². The van der Waals surface area contributed by atoms with Crippen LogP contribution in [-0.4, -0.2) is 48.5 Å². The van der Waals surface area contributed by atoms with Gasteiger partial charge < -0.3 is 10.4 Å². The lowest BCUT2D eigenvalue weighted by atomic mass is 10.2. The van der Waals surface area contributed by atoms with Crippen LogP contribution >= 0.6 is 0 Å². The number of carboxylic acids is 1. The molecule has 0 aromatic heterocycles. The number of urea groups is 1. The van der Waals surface area contributed by atoms with E-state index in [0.717, 1.165) is 20.8 Å². The first-order chi connectivity index (χ1) is 7.98. The maximum atomic E-state index is 11.9. The Labute approximate surface area is 105 Å². The van der Waals surface area contributed by atoms with Crippen molar-refractivity contribution in [3.63, 3.8) is 0 Å². The Morgan fingerprint density at radius 3 is 2.00 bits per heavy atom. The largest absolute Gasteiger partial charge is 0.480 e. The van der Waals surface area contributed by atoms with Gasteiger partial charge in [0.05, 0.1) is 0 Å². The number of rotatable bonds is 4. The summed E-state index contributed by atoms with van der Waals surface area (Å²) in [5.74, 6) is -2.65. The molecular formula is C9H16N2O6S. The first kappa shape index (κ1) is 16.4. The van der Waals surface area contributed by atoms with Crippen LogP contribution in [0.3, 0.4) is 0 Å². The molecule has 0 aliphatic heterocycles. The molecule has 0 rings (SSSR count). The highest BCUT2D eigenvalue weighted by Crippen LogP contribution is 2.22. The molecule has 0 aliphatic carbocycles. The van der Waals surface area contributed by atoms with Gasteiger partial charge in [0.1, 0.15) is 5.25 Å². The first-order valence-corrected chi connectivity index (χ1v) is 6.52. The number of hydrogen-bond donors (Lipinski definition) is 3. The van der Waals surface area contributed by atoms with E-state index >= 15 is 0 Å². The Bertz CT molecular complexity index is 467. The highest BCUT2D eigenvalue weighted by molar-refractivity contribution is 7.94. The summed E-state index contributed by atoms with van der Waals surface area (Å²) in [7, 11) is -3.03. The molecule has 0 heterocycles. The standard InChI is InChI=1S/C9H16N2O6S/c1-5(6(12)11-8(15)10-4)18(16,17)9(2,3)7(13)14/h5H,1-4H3,(H,13,14)(H2,10,11,12,15). The van der Waals surface area contributed by atoms with E-state index in [4.69, 9.17) is 5.11 Å². The second kappa shape index (κ2) is 5.34. The quantitative estimate of drug-likeness (QED) is 0.612. The van der Waals surface area contributed by atoms with Gasteiger partial charge in [0.25, 0.3) is 0 Å². The Kier molecular flexibility index (Phi) is 4.85. The third-order valence-corrected chi connectivity index (χ3v) is 5.27. The molecular weight excluding hydrogens is 264 g/mol. The summed E-state index contributed by atoms with van der Waals surface area (Å²) in [4.78, 5) is 33.3. The molecule has 0 aromatic rings. The van der Waals surface area contributed by atoms with Crippen LogP contribution in [0.15, 0.2) is 0 Å². The number of carbonyl (C=O) groups is 3. The molecule has 1 unspecified atom stereocenters. The molecule has 18 heavy (non-hydrogen) atoms. The average Bonchev–Trinajstić information content (AvgIpc) is 2.26. The number of aliphatic carboxylic acids is 1. The van der Waals surface area contributed by atoms with E-state index in [2.05, 4.69) is 5.32 Å². The van der Waals surface area contributed by atoms with E-state index in [9.17, 15) is 22.8 Å². The minimum Gasteiger partial charge on any atom is -0.480 e. The fraction of sp³-hybridized carbons (Fsp3) is 0.667. The molecule has 9 heteroatoms. The highest BCUT2D eigenvalue weighted by Gasteiger charge is 2.47. The monoisotopic (exact) mass is 280 g/mol. The normalized spacial score (nSPS) is 13.6. The van der Waals surface area contributed by atoms with Crippen LogP contribution in [0.4, 0.5) is 4.79 Å². The van der Waals surface area contributed by atoms with Crippen molar-refractivity contribution in [1.82, 2.24) is 10.6 Å². The Balaban J connectivity index is 5.21. The highest BCUT2D eigenvalue weighted by atomic mass is 32.2. The van der Waals surface area contributed by atoms with Crippen molar-refractivity contribution in [2.45, 2.75) is 30.8 Å². The van der Waals surface area contributed by atoms with Crippen molar-refractivity contribution in [1.29, 1.82) is 0 Å². The van der Waals surface area contributed by atoms with Crippen LogP contribution in [0.25, 0.3) is 0 Å². The van der Waals surface area contributed by atoms with Crippen LogP contribution in [0.2, 0.25) is 0 Å². The van der Waals surface area contributed by atoms with Crippen LogP contribution in [0, 0.1) is 0 Å². The number of sulfone groups is 1. The van der Waals surface area contributed by atoms with Gasteiger partial charge in [-0.25, -0.2) is 13.2 Å². The van der Waals surface area contributed by atoms with Crippen molar-refractivity contribution in [3.05, 3.63) is 0 Å². The summed E-state index contributed by atoms with van der Waals surface area (Å²) in [6.45, 7) is 2.99. The van der Waals surface area contributed by atoms with Crippen LogP contribution in [0.5, 0.6) is 0 Å². The van der Waals surface area contributed by atoms with E-state index in [1.165, 1.54) is 7.05 Å². The SMILES string of the molecule is CNC(=O)NC(=O)C(C)S(=O)(=O)C(C)(C)C(=O)O. The summed E-state index contributed by atoms with van der Waals surface area (Å²) in [6.07, 6.45) is 0. The molecule has 8 nitrogen and oxygen atoms in total. The van der Waals surface area contributed by atoms with Crippen molar-refractivity contribution >= 4 is 27.7 Å². The number of imide groups is 1. The zero-order chi connectivity index (χ0) is 14.7. The van der Waals surface area contributed by atoms with Crippen molar-refractivity contribution < 1.29 is 27.9 Å². The number of nitrogens with one attached hydrogen (secondary N) is 2. The van der Waals surface area contributed by atoms with Gasteiger partial charge in [-0.05, 0) is 20.8 Å². The summed E-state index contributed by atoms with van der Waals surface area (Å²) in [5, 5.41) is 11.1. The predicted octanol–water partition coefficient (Wildman–Crippen LogP) is -0.891. The molecule has 104 valence electrons. The predicted molar refractivity (Wildman–Crippen MR) is 62.7 cm³/mol. The molecule has 0 fully saturated rings. The van der Waals surface area contributed by atoms with Gasteiger partial charge in [0.2, 0.25) is 5.91 Å². The Morgan fingerprint density at radius 2 is 1.67 bits per heavy atom. The first-order valence-electron chi connectivity index (χ1n) is 4.98. The fourth-order valence-electron chi connectivity index (χ4n) is 0.981. The van der Waals surface area contributed by atoms with E-state index in [1.54, 1.807) is 5.32 Å². The zero-order valence-electron chi connectivity index (χ0n) is 10.5. The van der Waals surface area contributed by atoms with Crippen molar-refractivity contribution in [2.24, 2.45) is 0 Å². The molecule has 0 saturated carbocycles. The van der Waals surface area contributed by atoms with Gasteiger partial charge in [0, 0.05) is 7.05 Å². The number of amides is 3. The third kappa shape index (κ3) is 2.97. The van der Waals surface area contributed by atoms with Crippen LogP contribution < -0.4 is 10.6 Å². The minimum atomic E-state index is -4.28. The smallest absolute Gasteiger partial charge is 0.324 e. The topological polar surface area (TPSA) is 130 Å². The summed E-state index contributed by atoms with van der Waals surface area (Å²) < 4.78 is 21.7. The van der Waals surface area contributed by atoms with Crippen molar-refractivity contribution in [2.75, 3.05) is 7.05 Å². The molecule has 0 aliphatic rings. The minimum absolute atomic E-state index is 0.866. The van der Waals surface area contributed by atoms with Gasteiger partial charge >= 0.3 is 12.0 Å². The van der Waals surface area contributed by atoms with Gasteiger partial charge in [-0.15, -0.1) is 0 Å². The van der Waals surface area contributed by atoms with Gasteiger partial charge in [-0.2, -0.15) is 0 Å². The van der Waals surface area contributed by atoms with Gasteiger partial charge in [-0.3, -0.25) is 14.9 Å². The molecule has 0 spiro atoms. The Morgan fingerprint density at radius 1 is 1.22 bits per heavy atom. The molecule has 3 N–H and O–H groups in total. The van der Waals surface area contributed by atoms with E-state index < -0.39 is 37.7 Å². The van der Waals surface area contributed by atoms with E-state index in [1.807, 2.05) is 0 Å². The van der Waals surface area contributed by atoms with Gasteiger partial charge in [-0.1, -0.05) is 0 Å². The summed E-state index contributed by atoms with van der Waals surface area (Å²) in [6, 6.07) is -0.866. The number of carbonyl (C=O) groups excluding carboxylic acids is 2. The lowest BCUT2D eigenvalue weighted by Crippen LogP contribution is -2.52. The van der Waals surface area contributed by atoms with Crippen LogP contribution in [-0.2, 0) is 19.4 Å². The number of hydrogen-bond acceptors (Lipinski definition) is 5. The second-order valence-corrected chi connectivity index (χ2v) is 6.89. The van der Waals surface area contributed by atoms with Crippen LogP contribution in [0.1, 0.15) is 20.8 Å². The fourth-order valence-corrected chi connectivity index (χ4v) is 2.45. The molecule has 1 atom stereocenters. The molecule has 0 aromatic carbocycles. The van der Waals surface area contributed by atoms with Gasteiger partial charge in [0.15, 0.2) is 14.6 Å². The number of carboxylic acid groups (broad SMARTS) is 1. The van der Waals surface area contributed by atoms with E-state index in [0.29, 0.717) is 0 Å². The third-order valence-electron chi connectivity index (χ3n) is 2.52. The second-order valence-electron chi connectivity index (χ2n) is 4.07. The molecule has 0 saturated heterocycles. The summed E-state index contributed by atoms with van der Waals surface area (Å²) in [5.41, 5.74) is 0. The molecule has 0 bridgehead atoms. The summed E-state index contributed by atoms with van der Waals surface area (Å²) >= 11 is 0. The lowest BCUT2D eigenvalue weighted by Gasteiger charge is -2.23. The lowest BCUT2D eigenvalue weighted by molar-refractivity contribution is -0.139. The maximum Gasteiger partial charge on any atom is 0.324 e. The molecule has 0 radical (unpaired) electrons. The zero-order valence-corrected chi connectivity index (χ0v) is 11.3. The van der Waals surface area contributed by atoms with E-state index in [-0.39, 0.29) is 0 Å². The Hall–Kier alpha value is -1.64.